The Kier molecular flexibility index (Phi) is 5.75. The van der Waals surface area contributed by atoms with Crippen molar-refractivity contribution in [1.29, 1.82) is 0 Å². The highest BCUT2D eigenvalue weighted by Crippen LogP contribution is 2.42. The van der Waals surface area contributed by atoms with Crippen molar-refractivity contribution in [3.05, 3.63) is 48.5 Å². The fraction of sp³-hybridized carbons (Fsp3) is 0.348. The Balaban J connectivity index is 1.23. The molecule has 0 unspecified atom stereocenters. The molecule has 1 N–H and O–H groups in total. The molecular weight excluding hydrogens is 486 g/mol. The maximum absolute atomic E-state index is 12.9. The number of carbonyl (C=O) groups excluding carboxylic acids is 2. The average molecular weight is 512 g/mol. The fourth-order valence-corrected chi connectivity index (χ4v) is 5.35. The van der Waals surface area contributed by atoms with Gasteiger partial charge in [-0.05, 0) is 31.5 Å². The highest BCUT2D eigenvalue weighted by molar-refractivity contribution is 7.88. The van der Waals surface area contributed by atoms with Crippen molar-refractivity contribution in [2.24, 2.45) is 12.5 Å². The zero-order valence-electron chi connectivity index (χ0n) is 20.0. The Morgan fingerprint density at radius 2 is 2.00 bits per heavy atom. The van der Waals surface area contributed by atoms with Crippen molar-refractivity contribution in [1.82, 2.24) is 29.0 Å². The summed E-state index contributed by atoms with van der Waals surface area (Å²) in [5.74, 6) is 0.986. The number of hydrogen-bond acceptors (Lipinski definition) is 8. The van der Waals surface area contributed by atoms with E-state index in [4.69, 9.17) is 4.74 Å². The number of carbonyl (C=O) groups is 2. The molecule has 0 radical (unpaired) electrons. The summed E-state index contributed by atoms with van der Waals surface area (Å²) in [6.07, 6.45) is 6.76. The van der Waals surface area contributed by atoms with Gasteiger partial charge < -0.3 is 4.74 Å². The van der Waals surface area contributed by atoms with Crippen LogP contribution in [0.3, 0.4) is 0 Å². The van der Waals surface area contributed by atoms with Crippen molar-refractivity contribution in [2.75, 3.05) is 31.2 Å². The van der Waals surface area contributed by atoms with Crippen molar-refractivity contribution in [3.63, 3.8) is 0 Å². The van der Waals surface area contributed by atoms with Gasteiger partial charge in [-0.1, -0.05) is 0 Å². The summed E-state index contributed by atoms with van der Waals surface area (Å²) in [5, 5.41) is 6.81. The number of rotatable bonds is 5. The topological polar surface area (TPSA) is 140 Å². The number of hydrogen-bond donors (Lipinski definition) is 1. The van der Waals surface area contributed by atoms with Crippen LogP contribution in [0, 0.1) is 12.3 Å². The van der Waals surface area contributed by atoms with Gasteiger partial charge in [0.1, 0.15) is 17.3 Å². The first-order valence-corrected chi connectivity index (χ1v) is 13.1. The predicted molar refractivity (Wildman–Crippen MR) is 130 cm³/mol. The summed E-state index contributed by atoms with van der Waals surface area (Å²) in [5.41, 5.74) is 1.30. The molecule has 188 valence electrons. The summed E-state index contributed by atoms with van der Waals surface area (Å²) in [6, 6.07) is 6.21. The summed E-state index contributed by atoms with van der Waals surface area (Å²) < 4.78 is 32.3. The van der Waals surface area contributed by atoms with E-state index in [1.54, 1.807) is 48.3 Å². The summed E-state index contributed by atoms with van der Waals surface area (Å²) >= 11 is 0. The zero-order chi connectivity index (χ0) is 25.7. The number of pyridine rings is 2. The number of aryl methyl sites for hydroxylation is 2. The molecule has 3 amide bonds. The van der Waals surface area contributed by atoms with Gasteiger partial charge in [-0.2, -0.15) is 9.40 Å². The van der Waals surface area contributed by atoms with Crippen molar-refractivity contribution >= 4 is 27.8 Å². The van der Waals surface area contributed by atoms with E-state index in [9.17, 15) is 18.0 Å². The molecule has 0 bridgehead atoms. The Bertz CT molecular complexity index is 1460. The van der Waals surface area contributed by atoms with Crippen molar-refractivity contribution < 1.29 is 22.7 Å². The largest absolute Gasteiger partial charge is 0.455 e. The van der Waals surface area contributed by atoms with Gasteiger partial charge in [0, 0.05) is 50.7 Å². The highest BCUT2D eigenvalue weighted by atomic mass is 32.2. The Hall–Kier alpha value is -3.84. The molecule has 0 aliphatic carbocycles. The normalized spacial score (nSPS) is 17.3. The van der Waals surface area contributed by atoms with E-state index >= 15 is 0 Å². The SMILES string of the molecule is Cc1nc(NC(=O)N2CCC3(CN(S(C)(=O)=O)C3)C2=O)ccc1Oc1ccnc(-c2cnn(C)c2)c1. The van der Waals surface area contributed by atoms with E-state index in [0.29, 0.717) is 29.3 Å². The summed E-state index contributed by atoms with van der Waals surface area (Å²) in [6.45, 7) is 2.19. The molecule has 2 fully saturated rings. The van der Waals surface area contributed by atoms with Gasteiger partial charge >= 0.3 is 6.03 Å². The second-order valence-corrected chi connectivity index (χ2v) is 11.1. The average Bonchev–Trinajstić information content (AvgIpc) is 3.37. The first kappa shape index (κ1) is 23.9. The number of urea groups is 1. The Morgan fingerprint density at radius 3 is 2.67 bits per heavy atom. The molecule has 3 aromatic rings. The van der Waals surface area contributed by atoms with E-state index in [1.807, 2.05) is 13.2 Å². The minimum Gasteiger partial charge on any atom is -0.455 e. The molecule has 0 aromatic carbocycles. The number of ether oxygens (including phenoxy) is 1. The van der Waals surface area contributed by atoms with Crippen molar-refractivity contribution in [2.45, 2.75) is 13.3 Å². The lowest BCUT2D eigenvalue weighted by Crippen LogP contribution is -2.61. The molecule has 1 spiro atoms. The van der Waals surface area contributed by atoms with Crippen LogP contribution in [0.4, 0.5) is 10.6 Å². The lowest BCUT2D eigenvalue weighted by atomic mass is 9.80. The van der Waals surface area contributed by atoms with E-state index in [0.717, 1.165) is 16.7 Å². The van der Waals surface area contributed by atoms with Gasteiger partial charge in [0.05, 0.1) is 29.3 Å². The molecule has 13 heteroatoms. The number of imide groups is 1. The number of nitrogens with one attached hydrogen (secondary N) is 1. The molecule has 5 heterocycles. The van der Waals surface area contributed by atoms with Crippen LogP contribution in [0.25, 0.3) is 11.3 Å². The van der Waals surface area contributed by atoms with Gasteiger partial charge in [0.25, 0.3) is 0 Å². The maximum Gasteiger partial charge on any atom is 0.329 e. The number of sulfonamides is 1. The van der Waals surface area contributed by atoms with E-state index in [2.05, 4.69) is 20.4 Å². The second kappa shape index (κ2) is 8.68. The quantitative estimate of drug-likeness (QED) is 0.549. The zero-order valence-corrected chi connectivity index (χ0v) is 20.8. The molecule has 36 heavy (non-hydrogen) atoms. The molecule has 3 aromatic heterocycles. The maximum atomic E-state index is 12.9. The third kappa shape index (κ3) is 4.42. The molecule has 2 saturated heterocycles. The second-order valence-electron chi connectivity index (χ2n) is 9.11. The number of likely N-dealkylation sites (tertiary alicyclic amines) is 1. The van der Waals surface area contributed by atoms with Crippen LogP contribution >= 0.6 is 0 Å². The number of amides is 3. The lowest BCUT2D eigenvalue weighted by Gasteiger charge is -2.44. The smallest absolute Gasteiger partial charge is 0.329 e. The third-order valence-electron chi connectivity index (χ3n) is 6.42. The van der Waals surface area contributed by atoms with Crippen LogP contribution in [0.5, 0.6) is 11.5 Å². The Labute approximate surface area is 207 Å². The van der Waals surface area contributed by atoms with E-state index < -0.39 is 21.5 Å². The van der Waals surface area contributed by atoms with Crippen LogP contribution in [0.2, 0.25) is 0 Å². The minimum absolute atomic E-state index is 0.106. The van der Waals surface area contributed by atoms with Gasteiger partial charge in [-0.3, -0.25) is 24.7 Å². The van der Waals surface area contributed by atoms with Gasteiger partial charge in [-0.15, -0.1) is 0 Å². The minimum atomic E-state index is -3.35. The fourth-order valence-electron chi connectivity index (χ4n) is 4.39. The van der Waals surface area contributed by atoms with E-state index in [1.165, 1.54) is 4.31 Å². The monoisotopic (exact) mass is 511 g/mol. The van der Waals surface area contributed by atoms with Crippen LogP contribution in [-0.4, -0.2) is 75.2 Å². The number of aromatic nitrogens is 4. The van der Waals surface area contributed by atoms with Gasteiger partial charge in [-0.25, -0.2) is 18.2 Å². The lowest BCUT2D eigenvalue weighted by molar-refractivity contribution is -0.138. The molecule has 0 saturated carbocycles. The van der Waals surface area contributed by atoms with Gasteiger partial charge in [0.15, 0.2) is 0 Å². The Morgan fingerprint density at radius 1 is 1.22 bits per heavy atom. The molecule has 2 aliphatic rings. The van der Waals surface area contributed by atoms with Crippen molar-refractivity contribution in [3.8, 4) is 22.8 Å². The van der Waals surface area contributed by atoms with Crippen LogP contribution in [-0.2, 0) is 21.9 Å². The predicted octanol–water partition coefficient (Wildman–Crippen LogP) is 2.00. The first-order valence-electron chi connectivity index (χ1n) is 11.2. The summed E-state index contributed by atoms with van der Waals surface area (Å²) in [7, 11) is -1.52. The molecule has 12 nitrogen and oxygen atoms in total. The number of anilines is 1. The molecule has 2 aliphatic heterocycles. The van der Waals surface area contributed by atoms with Crippen LogP contribution in [0.1, 0.15) is 12.1 Å². The summed E-state index contributed by atoms with van der Waals surface area (Å²) in [4.78, 5) is 35.5. The van der Waals surface area contributed by atoms with Crippen LogP contribution < -0.4 is 10.1 Å². The molecule has 5 rings (SSSR count). The molecule has 0 atom stereocenters. The van der Waals surface area contributed by atoms with E-state index in [-0.39, 0.29) is 31.4 Å². The van der Waals surface area contributed by atoms with Gasteiger partial charge in [0.2, 0.25) is 15.9 Å². The molecular formula is C23H25N7O5S. The number of nitrogens with zero attached hydrogens (tertiary/aromatic N) is 6. The highest BCUT2D eigenvalue weighted by Gasteiger charge is 2.58. The first-order chi connectivity index (χ1) is 17.0. The standard InChI is InChI=1S/C23H25N7O5S/c1-15-19(35-17-6-8-24-18(10-17)16-11-25-28(2)12-16)4-5-20(26-15)27-22(32)30-9-7-23(21(30)31)13-29(14-23)36(3,33)34/h4-6,8,10-12H,7,9,13-14H2,1-3H3,(H,26,27,32). The third-order valence-corrected chi connectivity index (χ3v) is 7.61. The van der Waals surface area contributed by atoms with Crippen LogP contribution in [0.15, 0.2) is 42.9 Å².